The molecule has 1 aromatic carbocycles. The fourth-order valence-electron chi connectivity index (χ4n) is 2.76. The largest absolute Gasteiger partial charge is 0.387 e. The lowest BCUT2D eigenvalue weighted by Gasteiger charge is -2.28. The van der Waals surface area contributed by atoms with Crippen molar-refractivity contribution in [3.8, 4) is 0 Å². The van der Waals surface area contributed by atoms with Gasteiger partial charge in [-0.15, -0.1) is 11.8 Å². The molecule has 1 aliphatic rings. The van der Waals surface area contributed by atoms with Crippen LogP contribution in [0.3, 0.4) is 0 Å². The van der Waals surface area contributed by atoms with Crippen LogP contribution in [0, 0.1) is 0 Å². The maximum absolute atomic E-state index is 9.65. The molecule has 21 heavy (non-hydrogen) atoms. The second kappa shape index (κ2) is 6.22. The van der Waals surface area contributed by atoms with Crippen LogP contribution in [-0.4, -0.2) is 32.6 Å². The molecule has 4 nitrogen and oxygen atoms in total. The minimum atomic E-state index is -0.492. The Hall–Kier alpha value is -1.30. The lowest BCUT2D eigenvalue weighted by atomic mass is 10.2. The van der Waals surface area contributed by atoms with Crippen LogP contribution in [0.15, 0.2) is 35.2 Å². The average molecular weight is 303 g/mol. The summed E-state index contributed by atoms with van der Waals surface area (Å²) in [6, 6.07) is 10.6. The Kier molecular flexibility index (Phi) is 4.33. The summed E-state index contributed by atoms with van der Waals surface area (Å²) in [5.74, 6) is 0. The van der Waals surface area contributed by atoms with Gasteiger partial charge in [-0.1, -0.05) is 18.2 Å². The summed E-state index contributed by atoms with van der Waals surface area (Å²) in [7, 11) is 0. The van der Waals surface area contributed by atoms with E-state index in [-0.39, 0.29) is 0 Å². The Bertz CT molecular complexity index is 624. The highest BCUT2D eigenvalue weighted by molar-refractivity contribution is 7.98. The van der Waals surface area contributed by atoms with Gasteiger partial charge >= 0.3 is 0 Å². The molecule has 112 valence electrons. The van der Waals surface area contributed by atoms with Crippen LogP contribution in [0.2, 0.25) is 0 Å². The minimum Gasteiger partial charge on any atom is -0.387 e. The SMILES string of the molecule is CSc1ccccc1CN1CCn2nc([C@@H](C)O)cc2C1. The molecule has 0 spiro atoms. The van der Waals surface area contributed by atoms with E-state index >= 15 is 0 Å². The standard InChI is InChI=1S/C16H21N3OS/c1-12(20)15-9-14-11-18(7-8-19(14)17-15)10-13-5-3-4-6-16(13)21-2/h3-6,9,12,20H,7-8,10-11H2,1-2H3/t12-/m1/s1. The zero-order chi connectivity index (χ0) is 14.8. The molecule has 0 unspecified atom stereocenters. The van der Waals surface area contributed by atoms with Gasteiger partial charge in [-0.25, -0.2) is 0 Å². The van der Waals surface area contributed by atoms with Crippen molar-refractivity contribution in [2.45, 2.75) is 37.6 Å². The highest BCUT2D eigenvalue weighted by Crippen LogP contribution is 2.24. The fourth-order valence-corrected chi connectivity index (χ4v) is 3.37. The molecular weight excluding hydrogens is 282 g/mol. The zero-order valence-electron chi connectivity index (χ0n) is 12.5. The van der Waals surface area contributed by atoms with E-state index in [1.54, 1.807) is 18.7 Å². The first-order valence-electron chi connectivity index (χ1n) is 7.26. The van der Waals surface area contributed by atoms with Crippen molar-refractivity contribution in [1.82, 2.24) is 14.7 Å². The third-order valence-electron chi connectivity index (χ3n) is 3.91. The molecule has 0 bridgehead atoms. The van der Waals surface area contributed by atoms with Crippen molar-refractivity contribution in [3.05, 3.63) is 47.3 Å². The summed E-state index contributed by atoms with van der Waals surface area (Å²) in [5.41, 5.74) is 3.35. The van der Waals surface area contributed by atoms with Crippen LogP contribution in [0.25, 0.3) is 0 Å². The molecule has 0 fully saturated rings. The first-order valence-corrected chi connectivity index (χ1v) is 8.49. The Morgan fingerprint density at radius 2 is 2.14 bits per heavy atom. The van der Waals surface area contributed by atoms with Gasteiger partial charge in [0.2, 0.25) is 0 Å². The minimum absolute atomic E-state index is 0.492. The normalized spacial score (nSPS) is 16.7. The quantitative estimate of drug-likeness (QED) is 0.882. The van der Waals surface area contributed by atoms with Crippen LogP contribution < -0.4 is 0 Å². The predicted octanol–water partition coefficient (Wildman–Crippen LogP) is 2.67. The second-order valence-corrected chi connectivity index (χ2v) is 6.33. The highest BCUT2D eigenvalue weighted by atomic mass is 32.2. The topological polar surface area (TPSA) is 41.3 Å². The van der Waals surface area contributed by atoms with E-state index in [4.69, 9.17) is 0 Å². The van der Waals surface area contributed by atoms with Gasteiger partial charge in [-0.2, -0.15) is 5.10 Å². The summed E-state index contributed by atoms with van der Waals surface area (Å²) in [5, 5.41) is 14.1. The maximum atomic E-state index is 9.65. The predicted molar refractivity (Wildman–Crippen MR) is 85.2 cm³/mol. The average Bonchev–Trinajstić information content (AvgIpc) is 2.91. The van der Waals surface area contributed by atoms with E-state index in [2.05, 4.69) is 40.5 Å². The van der Waals surface area contributed by atoms with Crippen LogP contribution in [0.1, 0.15) is 30.0 Å². The lowest BCUT2D eigenvalue weighted by molar-refractivity contribution is 0.189. The van der Waals surface area contributed by atoms with E-state index in [1.165, 1.54) is 16.2 Å². The van der Waals surface area contributed by atoms with E-state index < -0.39 is 6.10 Å². The number of benzene rings is 1. The van der Waals surface area contributed by atoms with E-state index in [9.17, 15) is 5.11 Å². The third kappa shape index (κ3) is 3.15. The third-order valence-corrected chi connectivity index (χ3v) is 4.75. The molecule has 1 atom stereocenters. The van der Waals surface area contributed by atoms with Crippen molar-refractivity contribution in [2.24, 2.45) is 0 Å². The molecule has 1 aliphatic heterocycles. The molecule has 2 heterocycles. The number of nitrogens with zero attached hydrogens (tertiary/aromatic N) is 3. The van der Waals surface area contributed by atoms with Gasteiger partial charge in [-0.3, -0.25) is 9.58 Å². The maximum Gasteiger partial charge on any atom is 0.0950 e. The lowest BCUT2D eigenvalue weighted by Crippen LogP contribution is -2.33. The first kappa shape index (κ1) is 14.6. The van der Waals surface area contributed by atoms with Crippen LogP contribution in [0.5, 0.6) is 0 Å². The van der Waals surface area contributed by atoms with Gasteiger partial charge < -0.3 is 5.11 Å². The summed E-state index contributed by atoms with van der Waals surface area (Å²) in [4.78, 5) is 3.79. The number of hydrogen-bond acceptors (Lipinski definition) is 4. The molecule has 3 rings (SSSR count). The number of fused-ring (bicyclic) bond motifs is 1. The van der Waals surface area contributed by atoms with Gasteiger partial charge in [0.25, 0.3) is 0 Å². The zero-order valence-corrected chi connectivity index (χ0v) is 13.3. The van der Waals surface area contributed by atoms with Crippen molar-refractivity contribution >= 4 is 11.8 Å². The molecule has 1 N–H and O–H groups in total. The molecule has 2 aromatic rings. The van der Waals surface area contributed by atoms with Gasteiger partial charge in [0.1, 0.15) is 0 Å². The monoisotopic (exact) mass is 303 g/mol. The van der Waals surface area contributed by atoms with Crippen molar-refractivity contribution < 1.29 is 5.11 Å². The molecule has 0 saturated carbocycles. The summed E-state index contributed by atoms with van der Waals surface area (Å²) < 4.78 is 2.03. The van der Waals surface area contributed by atoms with Crippen molar-refractivity contribution in [2.75, 3.05) is 12.8 Å². The van der Waals surface area contributed by atoms with E-state index in [0.717, 1.165) is 31.9 Å². The Morgan fingerprint density at radius 3 is 2.90 bits per heavy atom. The molecule has 5 heteroatoms. The Morgan fingerprint density at radius 1 is 1.33 bits per heavy atom. The number of thioether (sulfide) groups is 1. The number of hydrogen-bond donors (Lipinski definition) is 1. The van der Waals surface area contributed by atoms with Crippen molar-refractivity contribution in [1.29, 1.82) is 0 Å². The van der Waals surface area contributed by atoms with Crippen LogP contribution in [-0.2, 0) is 19.6 Å². The first-order chi connectivity index (χ1) is 10.2. The molecule has 0 saturated heterocycles. The van der Waals surface area contributed by atoms with Crippen molar-refractivity contribution in [3.63, 3.8) is 0 Å². The van der Waals surface area contributed by atoms with Crippen LogP contribution in [0.4, 0.5) is 0 Å². The van der Waals surface area contributed by atoms with Gasteiger partial charge in [-0.05, 0) is 30.9 Å². The fraction of sp³-hybridized carbons (Fsp3) is 0.438. The molecule has 1 aromatic heterocycles. The Balaban J connectivity index is 1.74. The van der Waals surface area contributed by atoms with Gasteiger partial charge in [0.05, 0.1) is 24.0 Å². The van der Waals surface area contributed by atoms with E-state index in [1.807, 2.05) is 10.7 Å². The van der Waals surface area contributed by atoms with Gasteiger partial charge in [0, 0.05) is 24.5 Å². The summed E-state index contributed by atoms with van der Waals surface area (Å²) in [6.07, 6.45) is 1.63. The van der Waals surface area contributed by atoms with E-state index in [0.29, 0.717) is 0 Å². The smallest absolute Gasteiger partial charge is 0.0950 e. The highest BCUT2D eigenvalue weighted by Gasteiger charge is 2.20. The number of aromatic nitrogens is 2. The Labute approximate surface area is 129 Å². The number of aliphatic hydroxyl groups is 1. The second-order valence-electron chi connectivity index (χ2n) is 5.48. The molecular formula is C16H21N3OS. The molecule has 0 amide bonds. The number of aliphatic hydroxyl groups excluding tert-OH is 1. The summed E-state index contributed by atoms with van der Waals surface area (Å²) >= 11 is 1.80. The summed E-state index contributed by atoms with van der Waals surface area (Å²) in [6.45, 7) is 5.51. The van der Waals surface area contributed by atoms with Crippen LogP contribution >= 0.6 is 11.8 Å². The molecule has 0 aliphatic carbocycles. The molecule has 0 radical (unpaired) electrons. The number of rotatable bonds is 4. The van der Waals surface area contributed by atoms with Gasteiger partial charge in [0.15, 0.2) is 0 Å².